The maximum atomic E-state index is 5.73. The Bertz CT molecular complexity index is 786. The van der Waals surface area contributed by atoms with E-state index in [2.05, 4.69) is 36.3 Å². The minimum Gasteiger partial charge on any atom is -0.486 e. The summed E-state index contributed by atoms with van der Waals surface area (Å²) in [7, 11) is 3.68. The predicted molar refractivity (Wildman–Crippen MR) is 84.3 cm³/mol. The van der Waals surface area contributed by atoms with Gasteiger partial charge in [-0.15, -0.1) is 0 Å². The molecule has 0 amide bonds. The maximum absolute atomic E-state index is 5.73. The summed E-state index contributed by atoms with van der Waals surface area (Å²) in [5.41, 5.74) is 0.780. The van der Waals surface area contributed by atoms with Gasteiger partial charge in [0.15, 0.2) is 11.5 Å². The molecule has 108 valence electrons. The first-order valence-electron chi connectivity index (χ1n) is 6.42. The van der Waals surface area contributed by atoms with Gasteiger partial charge in [-0.2, -0.15) is 5.10 Å². The molecule has 0 spiro atoms. The lowest BCUT2D eigenvalue weighted by atomic mass is 10.3. The largest absolute Gasteiger partial charge is 0.486 e. The van der Waals surface area contributed by atoms with Crippen LogP contribution >= 0.6 is 15.9 Å². The number of rotatable bonds is 4. The van der Waals surface area contributed by atoms with Crippen molar-refractivity contribution in [3.05, 3.63) is 40.8 Å². The molecule has 0 bridgehead atoms. The van der Waals surface area contributed by atoms with Crippen molar-refractivity contribution >= 4 is 32.8 Å². The third-order valence-corrected chi connectivity index (χ3v) is 3.53. The third-order valence-electron chi connectivity index (χ3n) is 3.04. The number of benzene rings is 1. The lowest BCUT2D eigenvalue weighted by molar-refractivity contribution is 0.296. The average molecular weight is 348 g/mol. The van der Waals surface area contributed by atoms with Crippen LogP contribution < -0.4 is 10.1 Å². The quantitative estimate of drug-likeness (QED) is 0.785. The van der Waals surface area contributed by atoms with Crippen LogP contribution in [0, 0.1) is 0 Å². The molecule has 0 saturated carbocycles. The van der Waals surface area contributed by atoms with Crippen LogP contribution in [-0.2, 0) is 13.7 Å². The van der Waals surface area contributed by atoms with Gasteiger partial charge in [0.05, 0.1) is 11.6 Å². The normalized spacial score (nSPS) is 10.8. The molecule has 0 radical (unpaired) electrons. The lowest BCUT2D eigenvalue weighted by Crippen LogP contribution is -2.06. The maximum Gasteiger partial charge on any atom is 0.170 e. The molecule has 0 aliphatic heterocycles. The summed E-state index contributed by atoms with van der Waals surface area (Å²) in [5, 5.41) is 8.16. The van der Waals surface area contributed by atoms with E-state index >= 15 is 0 Å². The number of anilines is 1. The van der Waals surface area contributed by atoms with Crippen LogP contribution in [0.1, 0.15) is 5.82 Å². The highest BCUT2D eigenvalue weighted by atomic mass is 79.9. The molecule has 0 atom stereocenters. The highest BCUT2D eigenvalue weighted by molar-refractivity contribution is 9.10. The zero-order valence-electron chi connectivity index (χ0n) is 11.7. The predicted octanol–water partition coefficient (Wildman–Crippen LogP) is 2.75. The van der Waals surface area contributed by atoms with Crippen molar-refractivity contribution in [2.45, 2.75) is 6.61 Å². The van der Waals surface area contributed by atoms with Gasteiger partial charge in [-0.3, -0.25) is 4.68 Å². The van der Waals surface area contributed by atoms with Gasteiger partial charge in [-0.1, -0.05) is 22.0 Å². The van der Waals surface area contributed by atoms with Crippen LogP contribution in [0.4, 0.5) is 5.82 Å². The minimum absolute atomic E-state index is 0.298. The second-order valence-electron chi connectivity index (χ2n) is 4.49. The van der Waals surface area contributed by atoms with Crippen LogP contribution in [0.25, 0.3) is 11.0 Å². The summed E-state index contributed by atoms with van der Waals surface area (Å²) in [6, 6.07) is 7.67. The molecular weight excluding hydrogens is 334 g/mol. The van der Waals surface area contributed by atoms with E-state index in [1.165, 1.54) is 0 Å². The van der Waals surface area contributed by atoms with Crippen LogP contribution in [-0.4, -0.2) is 26.8 Å². The summed E-state index contributed by atoms with van der Waals surface area (Å²) in [5.74, 6) is 2.13. The van der Waals surface area contributed by atoms with Crippen molar-refractivity contribution in [1.29, 1.82) is 0 Å². The fourth-order valence-electron chi connectivity index (χ4n) is 2.03. The summed E-state index contributed by atoms with van der Waals surface area (Å²) in [6.45, 7) is 0.298. The molecule has 1 N–H and O–H groups in total. The smallest absolute Gasteiger partial charge is 0.170 e. The average Bonchev–Trinajstić information content (AvgIpc) is 2.86. The van der Waals surface area contributed by atoms with Crippen LogP contribution in [0.2, 0.25) is 0 Å². The number of nitrogens with one attached hydrogen (secondary N) is 1. The van der Waals surface area contributed by atoms with Crippen LogP contribution in [0.15, 0.2) is 34.9 Å². The van der Waals surface area contributed by atoms with Gasteiger partial charge in [0.25, 0.3) is 0 Å². The van der Waals surface area contributed by atoms with Gasteiger partial charge in [0.2, 0.25) is 0 Å². The summed E-state index contributed by atoms with van der Waals surface area (Å²) >= 11 is 3.42. The second kappa shape index (κ2) is 5.69. The Hall–Kier alpha value is -2.15. The van der Waals surface area contributed by atoms with E-state index in [0.717, 1.165) is 27.1 Å². The van der Waals surface area contributed by atoms with E-state index < -0.39 is 0 Å². The highest BCUT2D eigenvalue weighted by Crippen LogP contribution is 2.21. The molecule has 0 aliphatic rings. The fraction of sp³-hybridized carbons (Fsp3) is 0.214. The van der Waals surface area contributed by atoms with Crippen molar-refractivity contribution in [2.75, 3.05) is 12.4 Å². The molecule has 21 heavy (non-hydrogen) atoms. The topological polar surface area (TPSA) is 64.9 Å². The van der Waals surface area contributed by atoms with Gasteiger partial charge < -0.3 is 10.1 Å². The van der Waals surface area contributed by atoms with Gasteiger partial charge in [-0.05, 0) is 18.2 Å². The zero-order valence-corrected chi connectivity index (χ0v) is 13.3. The molecule has 6 nitrogen and oxygen atoms in total. The van der Waals surface area contributed by atoms with Gasteiger partial charge >= 0.3 is 0 Å². The second-order valence-corrected chi connectivity index (χ2v) is 5.41. The number of hydrogen-bond donors (Lipinski definition) is 1. The van der Waals surface area contributed by atoms with Crippen LogP contribution in [0.5, 0.6) is 5.75 Å². The van der Waals surface area contributed by atoms with Gasteiger partial charge in [0, 0.05) is 18.6 Å². The van der Waals surface area contributed by atoms with E-state index in [-0.39, 0.29) is 0 Å². The Morgan fingerprint density at radius 2 is 2.19 bits per heavy atom. The third kappa shape index (κ3) is 2.82. The van der Waals surface area contributed by atoms with E-state index in [9.17, 15) is 0 Å². The molecule has 1 aromatic carbocycles. The molecule has 2 aromatic heterocycles. The van der Waals surface area contributed by atoms with Crippen molar-refractivity contribution in [1.82, 2.24) is 19.7 Å². The van der Waals surface area contributed by atoms with Crippen LogP contribution in [0.3, 0.4) is 0 Å². The first-order valence-corrected chi connectivity index (χ1v) is 7.21. The SMILES string of the molecule is CNc1nc(COc2cccc(Br)c2)nc2c1cnn2C. The molecule has 0 saturated heterocycles. The van der Waals surface area contributed by atoms with Crippen molar-refractivity contribution in [2.24, 2.45) is 7.05 Å². The molecule has 0 unspecified atom stereocenters. The number of fused-ring (bicyclic) bond motifs is 1. The van der Waals surface area contributed by atoms with Gasteiger partial charge in [-0.25, -0.2) is 9.97 Å². The summed E-state index contributed by atoms with van der Waals surface area (Å²) in [6.07, 6.45) is 1.75. The van der Waals surface area contributed by atoms with E-state index in [1.807, 2.05) is 38.4 Å². The monoisotopic (exact) mass is 347 g/mol. The molecule has 3 aromatic rings. The number of nitrogens with zero attached hydrogens (tertiary/aromatic N) is 4. The molecule has 3 rings (SSSR count). The number of aryl methyl sites for hydroxylation is 1. The van der Waals surface area contributed by atoms with E-state index in [4.69, 9.17) is 4.74 Å². The summed E-state index contributed by atoms with van der Waals surface area (Å²) < 4.78 is 8.42. The highest BCUT2D eigenvalue weighted by Gasteiger charge is 2.10. The fourth-order valence-corrected chi connectivity index (χ4v) is 2.41. The van der Waals surface area contributed by atoms with Gasteiger partial charge in [0.1, 0.15) is 18.2 Å². The Morgan fingerprint density at radius 1 is 1.33 bits per heavy atom. The Labute approximate surface area is 130 Å². The van der Waals surface area contributed by atoms with E-state index in [1.54, 1.807) is 10.9 Å². The molecule has 7 heteroatoms. The Balaban J connectivity index is 1.88. The first-order chi connectivity index (χ1) is 10.2. The Kier molecular flexibility index (Phi) is 3.74. The van der Waals surface area contributed by atoms with Crippen molar-refractivity contribution < 1.29 is 4.74 Å². The lowest BCUT2D eigenvalue weighted by Gasteiger charge is -2.08. The summed E-state index contributed by atoms with van der Waals surface area (Å²) in [4.78, 5) is 8.95. The molecule has 2 heterocycles. The number of aromatic nitrogens is 4. The van der Waals surface area contributed by atoms with E-state index in [0.29, 0.717) is 12.4 Å². The first kappa shape index (κ1) is 13.8. The molecule has 0 aliphatic carbocycles. The number of ether oxygens (including phenoxy) is 1. The standard InChI is InChI=1S/C14H14BrN5O/c1-16-13-11-7-17-20(2)14(11)19-12(18-13)8-21-10-5-3-4-9(15)6-10/h3-7H,8H2,1-2H3,(H,16,18,19). The number of hydrogen-bond acceptors (Lipinski definition) is 5. The molecule has 0 fully saturated rings. The zero-order chi connectivity index (χ0) is 14.8. The molecular formula is C14H14BrN5O. The minimum atomic E-state index is 0.298. The van der Waals surface area contributed by atoms with Crippen molar-refractivity contribution in [3.8, 4) is 5.75 Å². The number of halogens is 1. The van der Waals surface area contributed by atoms with Crippen molar-refractivity contribution in [3.63, 3.8) is 0 Å². The Morgan fingerprint density at radius 3 is 2.95 bits per heavy atom.